The zero-order valence-corrected chi connectivity index (χ0v) is 13.2. The first-order chi connectivity index (χ1) is 9.19. The lowest BCUT2D eigenvalue weighted by atomic mass is 10.2. The van der Waals surface area contributed by atoms with Crippen molar-refractivity contribution in [3.8, 4) is 0 Å². The Morgan fingerprint density at radius 2 is 2.05 bits per heavy atom. The van der Waals surface area contributed by atoms with Crippen molar-refractivity contribution < 1.29 is 0 Å². The summed E-state index contributed by atoms with van der Waals surface area (Å²) in [4.78, 5) is 7.62. The zero-order valence-electron chi connectivity index (χ0n) is 10.8. The number of H-pyrrole nitrogens is 1. The molecule has 3 nitrogen and oxygen atoms in total. The van der Waals surface area contributed by atoms with Crippen molar-refractivity contribution in [2.24, 2.45) is 0 Å². The quantitative estimate of drug-likeness (QED) is 0.793. The van der Waals surface area contributed by atoms with Gasteiger partial charge in [0.05, 0.1) is 12.2 Å². The highest BCUT2D eigenvalue weighted by atomic mass is 79.9. The van der Waals surface area contributed by atoms with Gasteiger partial charge >= 0.3 is 0 Å². The van der Waals surface area contributed by atoms with E-state index in [9.17, 15) is 0 Å². The molecule has 2 rings (SSSR count). The zero-order chi connectivity index (χ0) is 13.7. The summed E-state index contributed by atoms with van der Waals surface area (Å²) in [5, 5.41) is 3.89. The van der Waals surface area contributed by atoms with Crippen LogP contribution in [0.1, 0.15) is 31.3 Å². The number of aromatic nitrogens is 2. The highest BCUT2D eigenvalue weighted by Crippen LogP contribution is 2.18. The van der Waals surface area contributed by atoms with Crippen LogP contribution in [0, 0.1) is 0 Å². The number of aryl methyl sites for hydroxylation is 1. The van der Waals surface area contributed by atoms with Gasteiger partial charge in [-0.3, -0.25) is 0 Å². The van der Waals surface area contributed by atoms with E-state index in [0.29, 0.717) is 11.7 Å². The molecule has 0 aliphatic rings. The Hall–Kier alpha value is -1.00. The maximum Gasteiger partial charge on any atom is 0.152 e. The van der Waals surface area contributed by atoms with Crippen molar-refractivity contribution in [1.29, 1.82) is 0 Å². The molecule has 0 atom stereocenters. The highest BCUT2D eigenvalue weighted by molar-refractivity contribution is 9.10. The fraction of sp³-hybridized carbons (Fsp3) is 0.357. The number of hydrogen-bond donors (Lipinski definition) is 2. The van der Waals surface area contributed by atoms with Crippen LogP contribution in [0.15, 0.2) is 28.7 Å². The first-order valence-corrected chi connectivity index (χ1v) is 7.59. The van der Waals surface area contributed by atoms with E-state index in [4.69, 9.17) is 11.6 Å². The number of rotatable bonds is 6. The van der Waals surface area contributed by atoms with Gasteiger partial charge in [0.1, 0.15) is 5.82 Å². The second-order valence-corrected chi connectivity index (χ2v) is 5.69. The van der Waals surface area contributed by atoms with Crippen molar-refractivity contribution in [1.82, 2.24) is 9.97 Å². The standard InChI is InChI=1S/C14H17BrClN3/c1-2-3-4-13-18-12(14(16)19-13)9-17-11-7-5-10(15)6-8-11/h5-8,17H,2-4,9H2,1H3,(H,18,19). The molecule has 1 aromatic heterocycles. The van der Waals surface area contributed by atoms with Gasteiger partial charge in [-0.1, -0.05) is 40.9 Å². The van der Waals surface area contributed by atoms with Gasteiger partial charge < -0.3 is 10.3 Å². The second-order valence-electron chi connectivity index (χ2n) is 4.42. The van der Waals surface area contributed by atoms with Gasteiger partial charge in [-0.25, -0.2) is 4.98 Å². The van der Waals surface area contributed by atoms with Crippen molar-refractivity contribution in [2.45, 2.75) is 32.7 Å². The average molecular weight is 343 g/mol. The number of nitrogens with zero attached hydrogens (tertiary/aromatic N) is 1. The van der Waals surface area contributed by atoms with E-state index in [2.05, 4.69) is 38.1 Å². The first kappa shape index (κ1) is 14.4. The molecule has 2 N–H and O–H groups in total. The third kappa shape index (κ3) is 4.25. The Labute approximate surface area is 126 Å². The maximum absolute atomic E-state index is 6.13. The van der Waals surface area contributed by atoms with Crippen LogP contribution in [0.2, 0.25) is 5.15 Å². The molecule has 0 spiro atoms. The van der Waals surface area contributed by atoms with E-state index in [1.54, 1.807) is 0 Å². The molecule has 0 aliphatic carbocycles. The molecule has 0 saturated heterocycles. The van der Waals surface area contributed by atoms with E-state index in [0.717, 1.165) is 40.9 Å². The van der Waals surface area contributed by atoms with E-state index >= 15 is 0 Å². The third-order valence-corrected chi connectivity index (χ3v) is 3.70. The minimum absolute atomic E-state index is 0.565. The van der Waals surface area contributed by atoms with Crippen LogP contribution >= 0.6 is 27.5 Å². The molecular formula is C14H17BrClN3. The molecule has 0 saturated carbocycles. The number of imidazole rings is 1. The lowest BCUT2D eigenvalue weighted by Gasteiger charge is -2.05. The molecule has 102 valence electrons. The summed E-state index contributed by atoms with van der Waals surface area (Å²) >= 11 is 9.54. The van der Waals surface area contributed by atoms with Crippen LogP contribution in [0.4, 0.5) is 5.69 Å². The first-order valence-electron chi connectivity index (χ1n) is 6.41. The van der Waals surface area contributed by atoms with Gasteiger partial charge in [0.25, 0.3) is 0 Å². The van der Waals surface area contributed by atoms with E-state index < -0.39 is 0 Å². The molecule has 0 radical (unpaired) electrons. The van der Waals surface area contributed by atoms with Crippen molar-refractivity contribution in [3.63, 3.8) is 0 Å². The minimum atomic E-state index is 0.565. The van der Waals surface area contributed by atoms with Crippen LogP contribution in [0.3, 0.4) is 0 Å². The Kier molecular flexibility index (Phi) is 5.28. The highest BCUT2D eigenvalue weighted by Gasteiger charge is 2.07. The van der Waals surface area contributed by atoms with Crippen molar-refractivity contribution >= 4 is 33.2 Å². The summed E-state index contributed by atoms with van der Waals surface area (Å²) in [5.41, 5.74) is 2.00. The molecule has 0 bridgehead atoms. The molecule has 5 heteroatoms. The number of unbranched alkanes of at least 4 members (excludes halogenated alkanes) is 1. The van der Waals surface area contributed by atoms with Crippen LogP contribution < -0.4 is 5.32 Å². The second kappa shape index (κ2) is 6.96. The molecule has 0 fully saturated rings. The summed E-state index contributed by atoms with van der Waals surface area (Å²) in [6.45, 7) is 2.82. The molecule has 0 amide bonds. The van der Waals surface area contributed by atoms with E-state index in [1.807, 2.05) is 24.3 Å². The fourth-order valence-corrected chi connectivity index (χ4v) is 2.26. The predicted molar refractivity (Wildman–Crippen MR) is 83.7 cm³/mol. The Bertz CT molecular complexity index is 522. The SMILES string of the molecule is CCCCc1nc(Cl)c(CNc2ccc(Br)cc2)[nH]1. The summed E-state index contributed by atoms with van der Waals surface area (Å²) in [7, 11) is 0. The predicted octanol–water partition coefficient (Wildman–Crippen LogP) is 4.78. The number of aromatic amines is 1. The monoisotopic (exact) mass is 341 g/mol. The van der Waals surface area contributed by atoms with Crippen LogP contribution in [0.5, 0.6) is 0 Å². The molecule has 1 aromatic carbocycles. The number of nitrogens with one attached hydrogen (secondary N) is 2. The lowest BCUT2D eigenvalue weighted by molar-refractivity contribution is 0.760. The summed E-state index contributed by atoms with van der Waals surface area (Å²) < 4.78 is 1.07. The van der Waals surface area contributed by atoms with Gasteiger partial charge in [0.15, 0.2) is 5.15 Å². The molecule has 0 aliphatic heterocycles. The van der Waals surface area contributed by atoms with Gasteiger partial charge in [0, 0.05) is 16.6 Å². The Balaban J connectivity index is 1.95. The number of hydrogen-bond acceptors (Lipinski definition) is 2. The summed E-state index contributed by atoms with van der Waals surface area (Å²) in [6, 6.07) is 8.05. The Morgan fingerprint density at radius 3 is 2.74 bits per heavy atom. The van der Waals surface area contributed by atoms with Crippen molar-refractivity contribution in [3.05, 3.63) is 45.4 Å². The number of halogens is 2. The molecule has 2 aromatic rings. The molecular weight excluding hydrogens is 326 g/mol. The van der Waals surface area contributed by atoms with Crippen LogP contribution in [-0.4, -0.2) is 9.97 Å². The maximum atomic E-state index is 6.13. The average Bonchev–Trinajstić information content (AvgIpc) is 2.76. The minimum Gasteiger partial charge on any atom is -0.379 e. The molecule has 19 heavy (non-hydrogen) atoms. The molecule has 0 unspecified atom stereocenters. The van der Waals surface area contributed by atoms with Crippen molar-refractivity contribution in [2.75, 3.05) is 5.32 Å². The van der Waals surface area contributed by atoms with Gasteiger partial charge in [-0.15, -0.1) is 0 Å². The van der Waals surface area contributed by atoms with Crippen LogP contribution in [-0.2, 0) is 13.0 Å². The number of anilines is 1. The largest absolute Gasteiger partial charge is 0.379 e. The fourth-order valence-electron chi connectivity index (χ4n) is 1.78. The Morgan fingerprint density at radius 1 is 1.32 bits per heavy atom. The van der Waals surface area contributed by atoms with E-state index in [-0.39, 0.29) is 0 Å². The smallest absolute Gasteiger partial charge is 0.152 e. The lowest BCUT2D eigenvalue weighted by Crippen LogP contribution is -2.00. The van der Waals surface area contributed by atoms with Gasteiger partial charge in [-0.2, -0.15) is 0 Å². The van der Waals surface area contributed by atoms with Crippen LogP contribution in [0.25, 0.3) is 0 Å². The summed E-state index contributed by atoms with van der Waals surface area (Å²) in [5.74, 6) is 0.972. The summed E-state index contributed by atoms with van der Waals surface area (Å²) in [6.07, 6.45) is 3.24. The third-order valence-electron chi connectivity index (χ3n) is 2.86. The number of benzene rings is 1. The molecule has 1 heterocycles. The van der Waals surface area contributed by atoms with Gasteiger partial charge in [0.2, 0.25) is 0 Å². The normalized spacial score (nSPS) is 10.7. The topological polar surface area (TPSA) is 40.7 Å². The van der Waals surface area contributed by atoms with E-state index in [1.165, 1.54) is 0 Å². The van der Waals surface area contributed by atoms with Gasteiger partial charge in [-0.05, 0) is 30.7 Å².